The summed E-state index contributed by atoms with van der Waals surface area (Å²) < 4.78 is 6.26. The van der Waals surface area contributed by atoms with E-state index < -0.39 is 0 Å². The molecular formula is C13H13N3O3. The molecule has 2 rings (SSSR count). The van der Waals surface area contributed by atoms with Gasteiger partial charge in [-0.15, -0.1) is 0 Å². The largest absolute Gasteiger partial charge is 0.466 e. The summed E-state index contributed by atoms with van der Waals surface area (Å²) >= 11 is 0. The number of hydrogen-bond donors (Lipinski definition) is 1. The van der Waals surface area contributed by atoms with E-state index >= 15 is 0 Å². The lowest BCUT2D eigenvalue weighted by Crippen LogP contribution is -2.19. The Morgan fingerprint density at radius 2 is 2.32 bits per heavy atom. The van der Waals surface area contributed by atoms with Gasteiger partial charge in [-0.1, -0.05) is 0 Å². The number of carbonyl (C=O) groups excluding carboxylic acids is 1. The minimum absolute atomic E-state index is 0.123. The van der Waals surface area contributed by atoms with Gasteiger partial charge in [0.2, 0.25) is 0 Å². The fourth-order valence-electron chi connectivity index (χ4n) is 1.88. The number of hydrogen-bond acceptors (Lipinski definition) is 4. The summed E-state index contributed by atoms with van der Waals surface area (Å²) in [6.07, 6.45) is 0.123. The maximum atomic E-state index is 11.8. The highest BCUT2D eigenvalue weighted by atomic mass is 16.5. The summed E-state index contributed by atoms with van der Waals surface area (Å²) in [4.78, 5) is 25.8. The molecule has 1 aromatic carbocycles. The predicted molar refractivity (Wildman–Crippen MR) is 68.5 cm³/mol. The average molecular weight is 259 g/mol. The molecule has 0 unspecified atom stereocenters. The Kier molecular flexibility index (Phi) is 3.66. The maximum Gasteiger partial charge on any atom is 0.326 e. The van der Waals surface area contributed by atoms with E-state index in [1.54, 1.807) is 25.1 Å². The van der Waals surface area contributed by atoms with Crippen molar-refractivity contribution in [2.75, 3.05) is 6.61 Å². The molecule has 98 valence electrons. The van der Waals surface area contributed by atoms with Crippen molar-refractivity contribution in [1.29, 1.82) is 5.26 Å². The van der Waals surface area contributed by atoms with Gasteiger partial charge < -0.3 is 9.72 Å². The number of esters is 1. The summed E-state index contributed by atoms with van der Waals surface area (Å²) in [5.74, 6) is -0.347. The Morgan fingerprint density at radius 3 is 3.00 bits per heavy atom. The van der Waals surface area contributed by atoms with Gasteiger partial charge in [-0.2, -0.15) is 5.26 Å². The van der Waals surface area contributed by atoms with Crippen LogP contribution in [0.25, 0.3) is 11.0 Å². The van der Waals surface area contributed by atoms with Gasteiger partial charge in [0.05, 0.1) is 35.7 Å². The van der Waals surface area contributed by atoms with Crippen LogP contribution in [0.3, 0.4) is 0 Å². The molecule has 19 heavy (non-hydrogen) atoms. The third-order valence-corrected chi connectivity index (χ3v) is 2.75. The second-order valence-electron chi connectivity index (χ2n) is 3.98. The van der Waals surface area contributed by atoms with E-state index in [1.807, 2.05) is 6.07 Å². The SMILES string of the molecule is CCOC(=O)CCn1c(=O)[nH]c2ccc(C#N)cc21. The van der Waals surface area contributed by atoms with Crippen molar-refractivity contribution in [2.24, 2.45) is 0 Å². The molecule has 0 radical (unpaired) electrons. The summed E-state index contributed by atoms with van der Waals surface area (Å²) in [5.41, 5.74) is 1.44. The third kappa shape index (κ3) is 2.65. The average Bonchev–Trinajstić information content (AvgIpc) is 2.71. The van der Waals surface area contributed by atoms with Crippen LogP contribution in [0.4, 0.5) is 0 Å². The first-order valence-electron chi connectivity index (χ1n) is 5.94. The lowest BCUT2D eigenvalue weighted by atomic mass is 10.2. The van der Waals surface area contributed by atoms with Gasteiger partial charge in [0, 0.05) is 6.54 Å². The topological polar surface area (TPSA) is 87.9 Å². The predicted octanol–water partition coefficient (Wildman–Crippen LogP) is 1.15. The van der Waals surface area contributed by atoms with Gasteiger partial charge in [0.1, 0.15) is 0 Å². The van der Waals surface area contributed by atoms with Crippen molar-refractivity contribution in [2.45, 2.75) is 19.9 Å². The molecule has 6 nitrogen and oxygen atoms in total. The van der Waals surface area contributed by atoms with E-state index in [0.29, 0.717) is 23.2 Å². The molecule has 0 saturated carbocycles. The minimum Gasteiger partial charge on any atom is -0.466 e. The van der Waals surface area contributed by atoms with Crippen LogP contribution in [0.5, 0.6) is 0 Å². The monoisotopic (exact) mass is 259 g/mol. The first-order valence-corrected chi connectivity index (χ1v) is 5.94. The van der Waals surface area contributed by atoms with Crippen molar-refractivity contribution < 1.29 is 9.53 Å². The van der Waals surface area contributed by atoms with E-state index in [0.717, 1.165) is 0 Å². The van der Waals surface area contributed by atoms with Gasteiger partial charge in [-0.25, -0.2) is 4.79 Å². The number of benzene rings is 1. The molecule has 0 atom stereocenters. The number of nitrogens with one attached hydrogen (secondary N) is 1. The Labute approximate surface area is 109 Å². The summed E-state index contributed by atoms with van der Waals surface area (Å²) in [5, 5.41) is 8.86. The van der Waals surface area contributed by atoms with E-state index in [4.69, 9.17) is 10.00 Å². The number of nitriles is 1. The van der Waals surface area contributed by atoms with E-state index in [9.17, 15) is 9.59 Å². The van der Waals surface area contributed by atoms with Crippen LogP contribution in [-0.2, 0) is 16.1 Å². The molecule has 0 amide bonds. The lowest BCUT2D eigenvalue weighted by Gasteiger charge is -2.03. The molecule has 0 aliphatic rings. The van der Waals surface area contributed by atoms with Crippen LogP contribution in [0.15, 0.2) is 23.0 Å². The highest BCUT2D eigenvalue weighted by molar-refractivity contribution is 5.77. The van der Waals surface area contributed by atoms with Crippen molar-refractivity contribution >= 4 is 17.0 Å². The third-order valence-electron chi connectivity index (χ3n) is 2.75. The first kappa shape index (κ1) is 12.9. The Hall–Kier alpha value is -2.55. The highest BCUT2D eigenvalue weighted by Gasteiger charge is 2.09. The molecule has 0 aliphatic heterocycles. The van der Waals surface area contributed by atoms with Crippen molar-refractivity contribution in [3.63, 3.8) is 0 Å². The zero-order chi connectivity index (χ0) is 13.8. The minimum atomic E-state index is -0.347. The van der Waals surface area contributed by atoms with Gasteiger partial charge in [-0.05, 0) is 25.1 Å². The lowest BCUT2D eigenvalue weighted by molar-refractivity contribution is -0.143. The number of aryl methyl sites for hydroxylation is 1. The molecule has 0 spiro atoms. The Morgan fingerprint density at radius 1 is 1.53 bits per heavy atom. The van der Waals surface area contributed by atoms with Crippen LogP contribution in [0.2, 0.25) is 0 Å². The molecule has 0 aliphatic carbocycles. The van der Waals surface area contributed by atoms with Crippen molar-refractivity contribution in [3.05, 3.63) is 34.2 Å². The summed E-state index contributed by atoms with van der Waals surface area (Å²) in [6, 6.07) is 6.95. The van der Waals surface area contributed by atoms with Gasteiger partial charge >= 0.3 is 11.7 Å². The van der Waals surface area contributed by atoms with Crippen LogP contribution in [0, 0.1) is 11.3 Å². The number of nitrogens with zero attached hydrogens (tertiary/aromatic N) is 2. The van der Waals surface area contributed by atoms with Crippen LogP contribution >= 0.6 is 0 Å². The molecular weight excluding hydrogens is 246 g/mol. The van der Waals surface area contributed by atoms with Crippen molar-refractivity contribution in [1.82, 2.24) is 9.55 Å². The van der Waals surface area contributed by atoms with Gasteiger partial charge in [0.25, 0.3) is 0 Å². The number of aromatic amines is 1. The fourth-order valence-corrected chi connectivity index (χ4v) is 1.88. The van der Waals surface area contributed by atoms with Crippen molar-refractivity contribution in [3.8, 4) is 6.07 Å². The molecule has 1 heterocycles. The van der Waals surface area contributed by atoms with Crippen LogP contribution < -0.4 is 5.69 Å². The number of carbonyl (C=O) groups is 1. The number of imidazole rings is 1. The van der Waals surface area contributed by atoms with E-state index in [2.05, 4.69) is 4.98 Å². The summed E-state index contributed by atoms with van der Waals surface area (Å²) in [6.45, 7) is 2.28. The molecule has 1 aromatic heterocycles. The van der Waals surface area contributed by atoms with Gasteiger partial charge in [-0.3, -0.25) is 9.36 Å². The zero-order valence-electron chi connectivity index (χ0n) is 10.5. The molecule has 0 fully saturated rings. The number of fused-ring (bicyclic) bond motifs is 1. The number of ether oxygens (including phenoxy) is 1. The second-order valence-corrected chi connectivity index (χ2v) is 3.98. The summed E-state index contributed by atoms with van der Waals surface area (Å²) in [7, 11) is 0. The standard InChI is InChI=1S/C13H13N3O3/c1-2-19-12(17)5-6-16-11-7-9(8-14)3-4-10(11)15-13(16)18/h3-4,7H,2,5-6H2,1H3,(H,15,18). The van der Waals surface area contributed by atoms with Gasteiger partial charge in [0.15, 0.2) is 0 Å². The molecule has 6 heteroatoms. The number of aromatic nitrogens is 2. The highest BCUT2D eigenvalue weighted by Crippen LogP contribution is 2.12. The van der Waals surface area contributed by atoms with Crippen LogP contribution in [-0.4, -0.2) is 22.1 Å². The van der Waals surface area contributed by atoms with E-state index in [-0.39, 0.29) is 24.6 Å². The molecule has 0 saturated heterocycles. The first-order chi connectivity index (χ1) is 9.15. The Balaban J connectivity index is 2.32. The second kappa shape index (κ2) is 5.40. The quantitative estimate of drug-likeness (QED) is 0.834. The zero-order valence-corrected chi connectivity index (χ0v) is 10.5. The molecule has 0 bridgehead atoms. The van der Waals surface area contributed by atoms with Crippen LogP contribution in [0.1, 0.15) is 18.9 Å². The number of H-pyrrole nitrogens is 1. The Bertz CT molecular complexity index is 706. The van der Waals surface area contributed by atoms with E-state index in [1.165, 1.54) is 4.57 Å². The molecule has 2 aromatic rings. The maximum absolute atomic E-state index is 11.8. The molecule has 1 N–H and O–H groups in total. The smallest absolute Gasteiger partial charge is 0.326 e. The fraction of sp³-hybridized carbons (Fsp3) is 0.308. The number of rotatable bonds is 4. The normalized spacial score (nSPS) is 10.3.